The van der Waals surface area contributed by atoms with Gasteiger partial charge in [-0.1, -0.05) is 66.2 Å². The van der Waals surface area contributed by atoms with Crippen molar-refractivity contribution in [2.75, 3.05) is 11.1 Å². The summed E-state index contributed by atoms with van der Waals surface area (Å²) in [5, 5.41) is 5.34. The van der Waals surface area contributed by atoms with E-state index in [0.29, 0.717) is 0 Å². The number of amides is 1. The Morgan fingerprint density at radius 2 is 1.71 bits per heavy atom. The Hall–Kier alpha value is -2.56. The van der Waals surface area contributed by atoms with Crippen LogP contribution in [0, 0.1) is 6.92 Å². The summed E-state index contributed by atoms with van der Waals surface area (Å²) in [7, 11) is 0. The second-order valence-electron chi connectivity index (χ2n) is 7.22. The number of hydrogen-bond donors (Lipinski definition) is 2. The lowest BCUT2D eigenvalue weighted by atomic mass is 9.99. The van der Waals surface area contributed by atoms with Crippen LogP contribution in [0.1, 0.15) is 35.2 Å². The van der Waals surface area contributed by atoms with E-state index in [1.807, 2.05) is 73.3 Å². The molecule has 4 heteroatoms. The summed E-state index contributed by atoms with van der Waals surface area (Å²) >= 11 is 1.91. The number of nitrogens with two attached hydrogens (primary N) is 1. The van der Waals surface area contributed by atoms with Crippen LogP contribution in [0.15, 0.2) is 83.8 Å². The van der Waals surface area contributed by atoms with Crippen LogP contribution in [0.25, 0.3) is 0 Å². The Morgan fingerprint density at radius 3 is 2.50 bits per heavy atom. The lowest BCUT2D eigenvalue weighted by Crippen LogP contribution is -2.88. The standard InChI is InChI=1S/C24H24N2OS/c1-17-11-13-19(14-12-17)25-24(27)23(18-7-3-2-4-8-18)26-21-15-16-28-22-10-6-5-9-20(21)22/h2-14,21,23,26H,15-16H2,1H3,(H,25,27)/p+1/t21-,23+/m1/s1. The third-order valence-corrected chi connectivity index (χ3v) is 6.31. The summed E-state index contributed by atoms with van der Waals surface area (Å²) in [6.07, 6.45) is 1.06. The maximum absolute atomic E-state index is 13.2. The molecule has 1 heterocycles. The first-order valence-electron chi connectivity index (χ1n) is 9.70. The third-order valence-electron chi connectivity index (χ3n) is 5.19. The van der Waals surface area contributed by atoms with Gasteiger partial charge in [0.15, 0.2) is 6.04 Å². The molecule has 0 saturated carbocycles. The van der Waals surface area contributed by atoms with Crippen molar-refractivity contribution in [1.82, 2.24) is 0 Å². The van der Waals surface area contributed by atoms with Crippen molar-refractivity contribution in [3.8, 4) is 0 Å². The Bertz CT molecular complexity index is 940. The maximum Gasteiger partial charge on any atom is 0.287 e. The van der Waals surface area contributed by atoms with Gasteiger partial charge >= 0.3 is 0 Å². The summed E-state index contributed by atoms with van der Waals surface area (Å²) < 4.78 is 0. The van der Waals surface area contributed by atoms with Gasteiger partial charge in [-0.3, -0.25) is 4.79 Å². The summed E-state index contributed by atoms with van der Waals surface area (Å²) in [5.41, 5.74) is 4.38. The molecule has 4 rings (SSSR count). The number of thioether (sulfide) groups is 1. The van der Waals surface area contributed by atoms with Crippen molar-refractivity contribution in [3.63, 3.8) is 0 Å². The molecule has 0 aliphatic carbocycles. The first-order valence-corrected chi connectivity index (χ1v) is 10.7. The lowest BCUT2D eigenvalue weighted by molar-refractivity contribution is -0.722. The number of fused-ring (bicyclic) bond motifs is 1. The van der Waals surface area contributed by atoms with Crippen LogP contribution < -0.4 is 10.6 Å². The minimum absolute atomic E-state index is 0.0192. The number of hydrogen-bond acceptors (Lipinski definition) is 2. The van der Waals surface area contributed by atoms with Crippen LogP contribution in [-0.4, -0.2) is 11.7 Å². The molecule has 1 aliphatic rings. The highest BCUT2D eigenvalue weighted by molar-refractivity contribution is 7.99. The Labute approximate surface area is 170 Å². The van der Waals surface area contributed by atoms with Crippen LogP contribution in [-0.2, 0) is 4.79 Å². The van der Waals surface area contributed by atoms with Crippen molar-refractivity contribution in [1.29, 1.82) is 0 Å². The zero-order chi connectivity index (χ0) is 19.3. The number of nitrogens with one attached hydrogen (secondary N) is 1. The molecule has 0 spiro atoms. The van der Waals surface area contributed by atoms with Gasteiger partial charge in [-0.25, -0.2) is 0 Å². The molecule has 0 unspecified atom stereocenters. The summed E-state index contributed by atoms with van der Waals surface area (Å²) in [5.74, 6) is 1.10. The van der Waals surface area contributed by atoms with Gasteiger partial charge in [0.1, 0.15) is 6.04 Å². The van der Waals surface area contributed by atoms with Crippen LogP contribution >= 0.6 is 11.8 Å². The zero-order valence-electron chi connectivity index (χ0n) is 16.0. The Balaban J connectivity index is 1.60. The molecule has 1 amide bonds. The van der Waals surface area contributed by atoms with Gasteiger partial charge in [-0.15, -0.1) is 11.8 Å². The minimum atomic E-state index is -0.288. The monoisotopic (exact) mass is 389 g/mol. The largest absolute Gasteiger partial charge is 0.326 e. The molecule has 142 valence electrons. The smallest absolute Gasteiger partial charge is 0.287 e. The first kappa shape index (κ1) is 18.8. The molecule has 2 atom stereocenters. The van der Waals surface area contributed by atoms with Crippen molar-refractivity contribution in [3.05, 3.63) is 95.6 Å². The second-order valence-corrected chi connectivity index (χ2v) is 8.35. The summed E-state index contributed by atoms with van der Waals surface area (Å²) in [6.45, 7) is 2.05. The van der Waals surface area contributed by atoms with Gasteiger partial charge in [0.05, 0.1) is 0 Å². The van der Waals surface area contributed by atoms with E-state index >= 15 is 0 Å². The predicted octanol–water partition coefficient (Wildman–Crippen LogP) is 4.48. The molecule has 3 aromatic rings. The number of carbonyl (C=O) groups excluding carboxylic acids is 1. The average molecular weight is 390 g/mol. The van der Waals surface area contributed by atoms with Gasteiger partial charge in [0.25, 0.3) is 5.91 Å². The third kappa shape index (κ3) is 4.29. The topological polar surface area (TPSA) is 45.7 Å². The zero-order valence-corrected chi connectivity index (χ0v) is 16.8. The Kier molecular flexibility index (Phi) is 5.79. The fraction of sp³-hybridized carbons (Fsp3) is 0.208. The normalized spacial score (nSPS) is 16.8. The number of anilines is 1. The molecule has 3 N–H and O–H groups in total. The predicted molar refractivity (Wildman–Crippen MR) is 115 cm³/mol. The highest BCUT2D eigenvalue weighted by Crippen LogP contribution is 2.34. The molecule has 0 saturated heterocycles. The fourth-order valence-corrected chi connectivity index (χ4v) is 4.82. The van der Waals surface area contributed by atoms with E-state index in [2.05, 4.69) is 34.9 Å². The summed E-state index contributed by atoms with van der Waals surface area (Å²) in [6, 6.07) is 26.6. The Morgan fingerprint density at radius 1 is 1.00 bits per heavy atom. The number of quaternary nitrogens is 1. The number of rotatable bonds is 5. The average Bonchev–Trinajstić information content (AvgIpc) is 2.74. The number of carbonyl (C=O) groups is 1. The van der Waals surface area contributed by atoms with Crippen molar-refractivity contribution in [2.45, 2.75) is 30.3 Å². The quantitative estimate of drug-likeness (QED) is 0.676. The van der Waals surface area contributed by atoms with Crippen LogP contribution in [0.3, 0.4) is 0 Å². The fourth-order valence-electron chi connectivity index (χ4n) is 3.67. The van der Waals surface area contributed by atoms with Crippen LogP contribution in [0.5, 0.6) is 0 Å². The molecular formula is C24H25N2OS+. The van der Waals surface area contributed by atoms with Crippen molar-refractivity contribution < 1.29 is 10.1 Å². The van der Waals surface area contributed by atoms with E-state index in [1.54, 1.807) is 0 Å². The highest BCUT2D eigenvalue weighted by Gasteiger charge is 2.31. The van der Waals surface area contributed by atoms with Crippen LogP contribution in [0.4, 0.5) is 5.69 Å². The lowest BCUT2D eigenvalue weighted by Gasteiger charge is -2.27. The SMILES string of the molecule is Cc1ccc(NC(=O)[C@@H]([NH2+][C@@H]2CCSc3ccccc32)c2ccccc2)cc1. The molecule has 0 bridgehead atoms. The molecule has 0 fully saturated rings. The molecule has 0 radical (unpaired) electrons. The second kappa shape index (κ2) is 8.63. The van der Waals surface area contributed by atoms with Crippen LogP contribution in [0.2, 0.25) is 0 Å². The van der Waals surface area contributed by atoms with Gasteiger partial charge in [-0.2, -0.15) is 0 Å². The number of benzene rings is 3. The minimum Gasteiger partial charge on any atom is -0.326 e. The van der Waals surface area contributed by atoms with Gasteiger partial charge in [0, 0.05) is 33.9 Å². The van der Waals surface area contributed by atoms with Crippen molar-refractivity contribution >= 4 is 23.4 Å². The first-order chi connectivity index (χ1) is 13.7. The van der Waals surface area contributed by atoms with E-state index in [4.69, 9.17) is 0 Å². The molecule has 0 aromatic heterocycles. The van der Waals surface area contributed by atoms with E-state index in [0.717, 1.165) is 23.4 Å². The van der Waals surface area contributed by atoms with Gasteiger partial charge in [-0.05, 0) is 25.1 Å². The van der Waals surface area contributed by atoms with E-state index in [1.165, 1.54) is 16.0 Å². The highest BCUT2D eigenvalue weighted by atomic mass is 32.2. The summed E-state index contributed by atoms with van der Waals surface area (Å²) in [4.78, 5) is 14.6. The van der Waals surface area contributed by atoms with Gasteiger partial charge in [0.2, 0.25) is 0 Å². The number of aryl methyl sites for hydroxylation is 1. The van der Waals surface area contributed by atoms with Crippen molar-refractivity contribution in [2.24, 2.45) is 0 Å². The van der Waals surface area contributed by atoms with E-state index in [-0.39, 0.29) is 18.0 Å². The van der Waals surface area contributed by atoms with E-state index < -0.39 is 0 Å². The maximum atomic E-state index is 13.2. The molecule has 3 nitrogen and oxygen atoms in total. The van der Waals surface area contributed by atoms with E-state index in [9.17, 15) is 4.79 Å². The van der Waals surface area contributed by atoms with Gasteiger partial charge < -0.3 is 10.6 Å². The molecule has 3 aromatic carbocycles. The molecule has 28 heavy (non-hydrogen) atoms. The molecule has 1 aliphatic heterocycles. The molecular weight excluding hydrogens is 364 g/mol.